The molecule has 1 aromatic heterocycles. The minimum Gasteiger partial charge on any atom is -0.394 e. The Hall–Kier alpha value is -1.36. The number of nitrogens with zero attached hydrogens (tertiary/aromatic N) is 2. The highest BCUT2D eigenvalue weighted by Crippen LogP contribution is 2.20. The summed E-state index contributed by atoms with van der Waals surface area (Å²) in [6, 6.07) is 0.227. The number of ether oxygens (including phenoxy) is 1. The predicted octanol–water partition coefficient (Wildman–Crippen LogP) is 1.04. The first-order valence-corrected chi connectivity index (χ1v) is 5.21. The van der Waals surface area contributed by atoms with Crippen molar-refractivity contribution in [1.82, 2.24) is 9.97 Å². The Morgan fingerprint density at radius 3 is 3.20 bits per heavy atom. The lowest BCUT2D eigenvalue weighted by molar-refractivity contribution is 0.0996. The lowest BCUT2D eigenvalue weighted by atomic mass is 10.1. The average Bonchev–Trinajstić information content (AvgIpc) is 2.74. The van der Waals surface area contributed by atoms with Crippen molar-refractivity contribution in [3.8, 4) is 0 Å². The molecule has 0 radical (unpaired) electrons. The molecule has 82 valence electrons. The first-order chi connectivity index (χ1) is 7.27. The molecular formula is C10H16N4O. The van der Waals surface area contributed by atoms with Crippen LogP contribution in [0.15, 0.2) is 12.5 Å². The molecule has 0 saturated carbocycles. The third kappa shape index (κ3) is 2.36. The molecule has 1 fully saturated rings. The van der Waals surface area contributed by atoms with E-state index in [9.17, 15) is 0 Å². The third-order valence-corrected chi connectivity index (χ3v) is 2.63. The number of hydrogen-bond acceptors (Lipinski definition) is 5. The number of hydrogen-bond donors (Lipinski definition) is 2. The van der Waals surface area contributed by atoms with Gasteiger partial charge in [-0.25, -0.2) is 9.97 Å². The van der Waals surface area contributed by atoms with Crippen LogP contribution in [-0.2, 0) is 4.74 Å². The van der Waals surface area contributed by atoms with E-state index in [-0.39, 0.29) is 12.1 Å². The number of rotatable bonds is 3. The van der Waals surface area contributed by atoms with E-state index in [0.717, 1.165) is 19.4 Å². The average molecular weight is 208 g/mol. The second-order valence-corrected chi connectivity index (χ2v) is 3.81. The zero-order valence-corrected chi connectivity index (χ0v) is 8.81. The normalized spacial score (nSPS) is 22.6. The van der Waals surface area contributed by atoms with Gasteiger partial charge in [0.2, 0.25) is 0 Å². The van der Waals surface area contributed by atoms with Crippen molar-refractivity contribution in [2.45, 2.75) is 31.9 Å². The molecule has 2 atom stereocenters. The van der Waals surface area contributed by atoms with E-state index in [1.165, 1.54) is 6.33 Å². The Morgan fingerprint density at radius 1 is 1.67 bits per heavy atom. The molecule has 1 aliphatic rings. The Labute approximate surface area is 89.1 Å². The molecule has 5 heteroatoms. The zero-order chi connectivity index (χ0) is 10.7. The SMILES string of the molecule is CC(Nc1ncncc1N)C1CCCO1. The maximum absolute atomic E-state index is 5.74. The topological polar surface area (TPSA) is 73.1 Å². The van der Waals surface area contributed by atoms with E-state index in [2.05, 4.69) is 22.2 Å². The van der Waals surface area contributed by atoms with Crippen LogP contribution in [0.4, 0.5) is 11.5 Å². The van der Waals surface area contributed by atoms with E-state index in [1.54, 1.807) is 6.20 Å². The Kier molecular flexibility index (Phi) is 3.01. The Morgan fingerprint density at radius 2 is 2.53 bits per heavy atom. The number of nitrogens with one attached hydrogen (secondary N) is 1. The van der Waals surface area contributed by atoms with Gasteiger partial charge < -0.3 is 15.8 Å². The second kappa shape index (κ2) is 4.44. The number of nitrogens with two attached hydrogens (primary N) is 1. The summed E-state index contributed by atoms with van der Waals surface area (Å²) in [5.74, 6) is 0.688. The van der Waals surface area contributed by atoms with E-state index in [0.29, 0.717) is 11.5 Å². The molecule has 0 bridgehead atoms. The molecule has 1 aromatic rings. The van der Waals surface area contributed by atoms with Gasteiger partial charge in [-0.3, -0.25) is 0 Å². The highest BCUT2D eigenvalue weighted by molar-refractivity contribution is 5.59. The second-order valence-electron chi connectivity index (χ2n) is 3.81. The van der Waals surface area contributed by atoms with Crippen molar-refractivity contribution in [3.05, 3.63) is 12.5 Å². The van der Waals surface area contributed by atoms with Gasteiger partial charge in [0.25, 0.3) is 0 Å². The standard InChI is InChI=1S/C10H16N4O/c1-7(9-3-2-4-15-9)14-10-8(11)5-12-6-13-10/h5-7,9H,2-4,11H2,1H3,(H,12,13,14). The summed E-state index contributed by atoms with van der Waals surface area (Å²) in [4.78, 5) is 7.93. The van der Waals surface area contributed by atoms with Gasteiger partial charge >= 0.3 is 0 Å². The number of nitrogen functional groups attached to an aromatic ring is 1. The summed E-state index contributed by atoms with van der Waals surface area (Å²) in [5.41, 5.74) is 6.31. The third-order valence-electron chi connectivity index (χ3n) is 2.63. The Balaban J connectivity index is 1.99. The molecule has 2 rings (SSSR count). The van der Waals surface area contributed by atoms with Crippen LogP contribution in [-0.4, -0.2) is 28.7 Å². The molecule has 5 nitrogen and oxygen atoms in total. The molecule has 2 heterocycles. The van der Waals surface area contributed by atoms with Gasteiger partial charge in [-0.1, -0.05) is 0 Å². The van der Waals surface area contributed by atoms with Gasteiger partial charge in [-0.05, 0) is 19.8 Å². The van der Waals surface area contributed by atoms with Crippen LogP contribution in [0.2, 0.25) is 0 Å². The monoisotopic (exact) mass is 208 g/mol. The largest absolute Gasteiger partial charge is 0.394 e. The van der Waals surface area contributed by atoms with Crippen molar-refractivity contribution in [1.29, 1.82) is 0 Å². The lowest BCUT2D eigenvalue weighted by Crippen LogP contribution is -2.30. The van der Waals surface area contributed by atoms with E-state index < -0.39 is 0 Å². The number of anilines is 2. The van der Waals surface area contributed by atoms with Crippen molar-refractivity contribution in [2.75, 3.05) is 17.7 Å². The van der Waals surface area contributed by atoms with E-state index >= 15 is 0 Å². The summed E-state index contributed by atoms with van der Waals surface area (Å²) < 4.78 is 5.58. The fourth-order valence-corrected chi connectivity index (χ4v) is 1.77. The zero-order valence-electron chi connectivity index (χ0n) is 8.81. The van der Waals surface area contributed by atoms with Gasteiger partial charge in [0, 0.05) is 6.61 Å². The van der Waals surface area contributed by atoms with Crippen LogP contribution in [0.25, 0.3) is 0 Å². The molecule has 0 amide bonds. The molecule has 2 unspecified atom stereocenters. The van der Waals surface area contributed by atoms with Gasteiger partial charge in [-0.15, -0.1) is 0 Å². The highest BCUT2D eigenvalue weighted by atomic mass is 16.5. The van der Waals surface area contributed by atoms with Crippen LogP contribution in [0.5, 0.6) is 0 Å². The summed E-state index contributed by atoms with van der Waals surface area (Å²) >= 11 is 0. The smallest absolute Gasteiger partial charge is 0.152 e. The van der Waals surface area contributed by atoms with Crippen molar-refractivity contribution >= 4 is 11.5 Å². The molecule has 0 aliphatic carbocycles. The van der Waals surface area contributed by atoms with E-state index in [1.807, 2.05) is 0 Å². The van der Waals surface area contributed by atoms with Crippen molar-refractivity contribution < 1.29 is 4.74 Å². The molecule has 15 heavy (non-hydrogen) atoms. The number of aromatic nitrogens is 2. The fourth-order valence-electron chi connectivity index (χ4n) is 1.77. The fraction of sp³-hybridized carbons (Fsp3) is 0.600. The minimum atomic E-state index is 0.227. The minimum absolute atomic E-state index is 0.227. The Bertz CT molecular complexity index is 325. The van der Waals surface area contributed by atoms with Gasteiger partial charge in [-0.2, -0.15) is 0 Å². The van der Waals surface area contributed by atoms with Crippen LogP contribution in [0.3, 0.4) is 0 Å². The molecule has 0 spiro atoms. The van der Waals surface area contributed by atoms with E-state index in [4.69, 9.17) is 10.5 Å². The van der Waals surface area contributed by atoms with Crippen LogP contribution in [0, 0.1) is 0 Å². The van der Waals surface area contributed by atoms with Crippen molar-refractivity contribution in [2.24, 2.45) is 0 Å². The highest BCUT2D eigenvalue weighted by Gasteiger charge is 2.22. The molecular weight excluding hydrogens is 192 g/mol. The van der Waals surface area contributed by atoms with Crippen LogP contribution in [0.1, 0.15) is 19.8 Å². The van der Waals surface area contributed by atoms with Crippen LogP contribution >= 0.6 is 0 Å². The summed E-state index contributed by atoms with van der Waals surface area (Å²) in [6.07, 6.45) is 5.58. The maximum atomic E-state index is 5.74. The molecule has 0 aromatic carbocycles. The van der Waals surface area contributed by atoms with Gasteiger partial charge in [0.15, 0.2) is 5.82 Å². The van der Waals surface area contributed by atoms with Crippen molar-refractivity contribution in [3.63, 3.8) is 0 Å². The summed E-state index contributed by atoms with van der Waals surface area (Å²) in [5, 5.41) is 3.25. The molecule has 1 aliphatic heterocycles. The summed E-state index contributed by atoms with van der Waals surface area (Å²) in [7, 11) is 0. The quantitative estimate of drug-likeness (QED) is 0.776. The molecule has 1 saturated heterocycles. The predicted molar refractivity (Wildman–Crippen MR) is 58.5 cm³/mol. The first kappa shape index (κ1) is 10.2. The van der Waals surface area contributed by atoms with Crippen LogP contribution < -0.4 is 11.1 Å². The van der Waals surface area contributed by atoms with Gasteiger partial charge in [0.1, 0.15) is 6.33 Å². The van der Waals surface area contributed by atoms with Gasteiger partial charge in [0.05, 0.1) is 24.0 Å². The molecule has 3 N–H and O–H groups in total. The summed E-state index contributed by atoms with van der Waals surface area (Å²) in [6.45, 7) is 2.94. The first-order valence-electron chi connectivity index (χ1n) is 5.21. The maximum Gasteiger partial charge on any atom is 0.152 e. The lowest BCUT2D eigenvalue weighted by Gasteiger charge is -2.20.